The maximum Gasteiger partial charge on any atom is 0.127 e. The molecule has 2 nitrogen and oxygen atoms in total. The molecule has 21 heavy (non-hydrogen) atoms. The lowest BCUT2D eigenvalue weighted by Crippen LogP contribution is -2.01. The van der Waals surface area contributed by atoms with Gasteiger partial charge in [-0.3, -0.25) is 4.98 Å². The number of hydrogen-bond acceptors (Lipinski definition) is 2. The lowest BCUT2D eigenvalue weighted by molar-refractivity contribution is 0.303. The number of rotatable bonds is 4. The van der Waals surface area contributed by atoms with E-state index in [4.69, 9.17) is 16.3 Å². The number of hydrogen-bond donors (Lipinski definition) is 0. The first-order chi connectivity index (χ1) is 10.3. The van der Waals surface area contributed by atoms with E-state index in [1.54, 1.807) is 0 Å². The van der Waals surface area contributed by atoms with E-state index < -0.39 is 0 Å². The Balaban J connectivity index is 1.91. The van der Waals surface area contributed by atoms with Gasteiger partial charge < -0.3 is 4.74 Å². The van der Waals surface area contributed by atoms with Crippen molar-refractivity contribution >= 4 is 22.5 Å². The molecule has 0 aliphatic rings. The van der Waals surface area contributed by atoms with Crippen LogP contribution in [0.1, 0.15) is 16.7 Å². The molecule has 0 saturated heterocycles. The molecule has 106 valence electrons. The van der Waals surface area contributed by atoms with Crippen molar-refractivity contribution < 1.29 is 4.74 Å². The van der Waals surface area contributed by atoms with Gasteiger partial charge in [-0.1, -0.05) is 42.5 Å². The van der Waals surface area contributed by atoms with Crippen LogP contribution in [0.25, 0.3) is 10.9 Å². The Labute approximate surface area is 129 Å². The Morgan fingerprint density at radius 3 is 2.62 bits per heavy atom. The molecule has 0 saturated carbocycles. The summed E-state index contributed by atoms with van der Waals surface area (Å²) in [6, 6.07) is 16.2. The Kier molecular flexibility index (Phi) is 4.07. The zero-order chi connectivity index (χ0) is 14.7. The summed E-state index contributed by atoms with van der Waals surface area (Å²) in [6.07, 6.45) is 1.81. The van der Waals surface area contributed by atoms with Gasteiger partial charge >= 0.3 is 0 Å². The second kappa shape index (κ2) is 6.15. The van der Waals surface area contributed by atoms with Gasteiger partial charge in [-0.25, -0.2) is 0 Å². The molecular weight excluding hydrogens is 282 g/mol. The smallest absolute Gasteiger partial charge is 0.127 e. The lowest BCUT2D eigenvalue weighted by Gasteiger charge is -2.13. The van der Waals surface area contributed by atoms with Crippen molar-refractivity contribution in [3.05, 3.63) is 71.4 Å². The zero-order valence-electron chi connectivity index (χ0n) is 11.8. The van der Waals surface area contributed by atoms with Crippen LogP contribution in [0.4, 0.5) is 0 Å². The maximum atomic E-state index is 6.03. The molecular formula is C18H16ClNO. The number of ether oxygens (including phenoxy) is 1. The Morgan fingerprint density at radius 2 is 1.76 bits per heavy atom. The first-order valence-electron chi connectivity index (χ1n) is 6.89. The number of fused-ring (bicyclic) bond motifs is 1. The first-order valence-corrected chi connectivity index (χ1v) is 7.43. The Bertz CT molecular complexity index is 765. The largest absolute Gasteiger partial charge is 0.488 e. The molecule has 0 spiro atoms. The maximum absolute atomic E-state index is 6.03. The fraction of sp³-hybridized carbons (Fsp3) is 0.167. The zero-order valence-corrected chi connectivity index (χ0v) is 12.6. The highest BCUT2D eigenvalue weighted by Gasteiger charge is 2.08. The van der Waals surface area contributed by atoms with Crippen LogP contribution < -0.4 is 4.74 Å². The number of halogens is 1. The molecule has 0 aliphatic heterocycles. The number of alkyl halides is 1. The highest BCUT2D eigenvalue weighted by molar-refractivity contribution is 6.17. The van der Waals surface area contributed by atoms with Gasteiger partial charge in [-0.05, 0) is 18.6 Å². The van der Waals surface area contributed by atoms with Crippen molar-refractivity contribution in [1.29, 1.82) is 0 Å². The number of aromatic nitrogens is 1. The van der Waals surface area contributed by atoms with Crippen LogP contribution in [0.15, 0.2) is 54.7 Å². The van der Waals surface area contributed by atoms with Gasteiger partial charge in [-0.2, -0.15) is 0 Å². The standard InChI is InChI=1S/C18H16ClNO/c1-13-5-2-7-15(11-19)18(13)21-12-16-8-3-6-14-9-4-10-20-17(14)16/h2-10H,11-12H2,1H3. The van der Waals surface area contributed by atoms with Crippen LogP contribution in [0.5, 0.6) is 5.75 Å². The first kappa shape index (κ1) is 13.9. The highest BCUT2D eigenvalue weighted by atomic mass is 35.5. The third-order valence-corrected chi connectivity index (χ3v) is 3.81. The molecule has 2 aromatic carbocycles. The number of nitrogens with zero attached hydrogens (tertiary/aromatic N) is 1. The van der Waals surface area contributed by atoms with Crippen LogP contribution in [-0.2, 0) is 12.5 Å². The van der Waals surface area contributed by atoms with Crippen LogP contribution in [0, 0.1) is 6.92 Å². The summed E-state index contributed by atoms with van der Waals surface area (Å²) in [4.78, 5) is 4.45. The number of benzene rings is 2. The average molecular weight is 298 g/mol. The molecule has 3 heteroatoms. The van der Waals surface area contributed by atoms with Crippen molar-refractivity contribution in [2.45, 2.75) is 19.4 Å². The van der Waals surface area contributed by atoms with Crippen LogP contribution >= 0.6 is 11.6 Å². The van der Waals surface area contributed by atoms with Crippen molar-refractivity contribution in [3.8, 4) is 5.75 Å². The minimum Gasteiger partial charge on any atom is -0.488 e. The topological polar surface area (TPSA) is 22.1 Å². The van der Waals surface area contributed by atoms with Gasteiger partial charge in [0.15, 0.2) is 0 Å². The average Bonchev–Trinajstić information content (AvgIpc) is 2.53. The molecule has 1 aromatic heterocycles. The van der Waals surface area contributed by atoms with Crippen LogP contribution in [-0.4, -0.2) is 4.98 Å². The fourth-order valence-corrected chi connectivity index (χ4v) is 2.67. The molecule has 0 atom stereocenters. The summed E-state index contributed by atoms with van der Waals surface area (Å²) in [7, 11) is 0. The molecule has 3 rings (SSSR count). The van der Waals surface area contributed by atoms with Crippen molar-refractivity contribution in [1.82, 2.24) is 4.98 Å². The summed E-state index contributed by atoms with van der Waals surface area (Å²) in [5.41, 5.74) is 4.18. The summed E-state index contributed by atoms with van der Waals surface area (Å²) >= 11 is 5.99. The second-order valence-corrected chi connectivity index (χ2v) is 5.24. The predicted octanol–water partition coefficient (Wildman–Crippen LogP) is 4.86. The molecule has 0 amide bonds. The SMILES string of the molecule is Cc1cccc(CCl)c1OCc1cccc2cccnc12. The van der Waals surface area contributed by atoms with Gasteiger partial charge in [0.25, 0.3) is 0 Å². The third-order valence-electron chi connectivity index (χ3n) is 3.53. The second-order valence-electron chi connectivity index (χ2n) is 4.98. The minimum atomic E-state index is 0.449. The summed E-state index contributed by atoms with van der Waals surface area (Å²) in [5.74, 6) is 1.32. The predicted molar refractivity (Wildman–Crippen MR) is 86.8 cm³/mol. The molecule has 0 bridgehead atoms. The van der Waals surface area contributed by atoms with E-state index >= 15 is 0 Å². The van der Waals surface area contributed by atoms with Crippen molar-refractivity contribution in [2.75, 3.05) is 0 Å². The molecule has 3 aromatic rings. The molecule has 0 aliphatic carbocycles. The summed E-state index contributed by atoms with van der Waals surface area (Å²) < 4.78 is 6.03. The van der Waals surface area contributed by atoms with Gasteiger partial charge in [0.05, 0.1) is 11.4 Å². The minimum absolute atomic E-state index is 0.449. The van der Waals surface area contributed by atoms with E-state index in [2.05, 4.69) is 17.1 Å². The Morgan fingerprint density at radius 1 is 1.00 bits per heavy atom. The van der Waals surface area contributed by atoms with Gasteiger partial charge in [0.1, 0.15) is 12.4 Å². The molecule has 0 radical (unpaired) electrons. The molecule has 0 unspecified atom stereocenters. The highest BCUT2D eigenvalue weighted by Crippen LogP contribution is 2.26. The molecule has 0 N–H and O–H groups in total. The molecule has 1 heterocycles. The van der Waals surface area contributed by atoms with E-state index in [9.17, 15) is 0 Å². The van der Waals surface area contributed by atoms with Crippen LogP contribution in [0.2, 0.25) is 0 Å². The normalized spacial score (nSPS) is 10.8. The van der Waals surface area contributed by atoms with Crippen molar-refractivity contribution in [2.24, 2.45) is 0 Å². The third kappa shape index (κ3) is 2.86. The summed E-state index contributed by atoms with van der Waals surface area (Å²) in [5, 5.41) is 1.13. The van der Waals surface area contributed by atoms with Gasteiger partial charge in [0, 0.05) is 22.7 Å². The number of aryl methyl sites for hydroxylation is 1. The number of pyridine rings is 1. The van der Waals surface area contributed by atoms with Gasteiger partial charge in [-0.15, -0.1) is 11.6 Å². The quantitative estimate of drug-likeness (QED) is 0.642. The van der Waals surface area contributed by atoms with E-state index in [1.165, 1.54) is 0 Å². The van der Waals surface area contributed by atoms with Crippen molar-refractivity contribution in [3.63, 3.8) is 0 Å². The van der Waals surface area contributed by atoms with E-state index in [0.717, 1.165) is 33.3 Å². The Hall–Kier alpha value is -2.06. The summed E-state index contributed by atoms with van der Waals surface area (Å²) in [6.45, 7) is 2.52. The lowest BCUT2D eigenvalue weighted by atomic mass is 10.1. The molecule has 0 fully saturated rings. The fourth-order valence-electron chi connectivity index (χ4n) is 2.46. The number of para-hydroxylation sites is 2. The van der Waals surface area contributed by atoms with Crippen LogP contribution in [0.3, 0.4) is 0 Å². The van der Waals surface area contributed by atoms with E-state index in [1.807, 2.05) is 49.5 Å². The van der Waals surface area contributed by atoms with E-state index in [0.29, 0.717) is 12.5 Å². The monoisotopic (exact) mass is 297 g/mol. The van der Waals surface area contributed by atoms with E-state index in [-0.39, 0.29) is 0 Å². The van der Waals surface area contributed by atoms with Gasteiger partial charge in [0.2, 0.25) is 0 Å².